The van der Waals surface area contributed by atoms with Gasteiger partial charge in [-0.2, -0.15) is 0 Å². The Morgan fingerprint density at radius 1 is 0.680 bits per heavy atom. The van der Waals surface area contributed by atoms with E-state index >= 15 is 0 Å². The molecule has 3 nitrogen and oxygen atoms in total. The Bertz CT molecular complexity index is 319. The van der Waals surface area contributed by atoms with E-state index in [0.717, 1.165) is 58.0 Å². The van der Waals surface area contributed by atoms with Gasteiger partial charge in [-0.05, 0) is 83.5 Å². The van der Waals surface area contributed by atoms with Gasteiger partial charge in [0.25, 0.3) is 0 Å². The summed E-state index contributed by atoms with van der Waals surface area (Å²) in [7, 11) is 0. The summed E-state index contributed by atoms with van der Waals surface area (Å²) in [6.45, 7) is 16.9. The van der Waals surface area contributed by atoms with Gasteiger partial charge >= 0.3 is 0 Å². The maximum Gasteiger partial charge on any atom is 0.0598 e. The molecule has 0 aromatic heterocycles. The molecule has 0 radical (unpaired) electrons. The summed E-state index contributed by atoms with van der Waals surface area (Å²) in [5.41, 5.74) is 0.439. The Kier molecular flexibility index (Phi) is 10.6. The zero-order valence-corrected chi connectivity index (χ0v) is 17.9. The van der Waals surface area contributed by atoms with Crippen molar-refractivity contribution in [2.75, 3.05) is 26.4 Å². The van der Waals surface area contributed by atoms with E-state index in [1.807, 2.05) is 0 Å². The maximum absolute atomic E-state index is 6.06. The Morgan fingerprint density at radius 2 is 1.20 bits per heavy atom. The van der Waals surface area contributed by atoms with Crippen LogP contribution in [0.25, 0.3) is 0 Å². The van der Waals surface area contributed by atoms with Gasteiger partial charge in [-0.1, -0.05) is 20.8 Å². The van der Waals surface area contributed by atoms with Crippen molar-refractivity contribution < 1.29 is 14.2 Å². The van der Waals surface area contributed by atoms with Gasteiger partial charge in [0.15, 0.2) is 0 Å². The molecule has 3 heteroatoms. The number of hydrogen-bond acceptors (Lipinski definition) is 3. The standard InChI is InChI=1S/C22H44O3/c1-21(2,3)19-11-13-20(14-12-19)24-17-9-7-15-23-16-8-10-18-25-22(4,5)6/h19-20H,7-18H2,1-6H3. The molecule has 0 unspecified atom stereocenters. The highest BCUT2D eigenvalue weighted by atomic mass is 16.5. The van der Waals surface area contributed by atoms with Gasteiger partial charge in [0, 0.05) is 26.4 Å². The smallest absolute Gasteiger partial charge is 0.0598 e. The molecule has 150 valence electrons. The van der Waals surface area contributed by atoms with E-state index in [1.54, 1.807) is 0 Å². The van der Waals surface area contributed by atoms with Crippen LogP contribution in [0.3, 0.4) is 0 Å². The zero-order valence-electron chi connectivity index (χ0n) is 17.9. The van der Waals surface area contributed by atoms with Crippen molar-refractivity contribution in [1.82, 2.24) is 0 Å². The normalized spacial score (nSPS) is 22.3. The lowest BCUT2D eigenvalue weighted by atomic mass is 9.72. The fourth-order valence-electron chi connectivity index (χ4n) is 3.44. The second-order valence-electron chi connectivity index (χ2n) is 9.70. The number of rotatable bonds is 11. The molecule has 0 N–H and O–H groups in total. The molecule has 0 aromatic rings. The molecule has 1 aliphatic rings. The van der Waals surface area contributed by atoms with E-state index < -0.39 is 0 Å². The molecule has 1 rings (SSSR count). The van der Waals surface area contributed by atoms with Crippen LogP contribution in [0.5, 0.6) is 0 Å². The molecule has 0 amide bonds. The summed E-state index contributed by atoms with van der Waals surface area (Å²) < 4.78 is 17.5. The summed E-state index contributed by atoms with van der Waals surface area (Å²) in [6, 6.07) is 0. The van der Waals surface area contributed by atoms with E-state index in [0.29, 0.717) is 11.5 Å². The molecule has 25 heavy (non-hydrogen) atoms. The van der Waals surface area contributed by atoms with Crippen LogP contribution in [-0.2, 0) is 14.2 Å². The molecule has 1 aliphatic carbocycles. The predicted octanol–water partition coefficient (Wildman–Crippen LogP) is 6.00. The van der Waals surface area contributed by atoms with Gasteiger partial charge in [-0.25, -0.2) is 0 Å². The second kappa shape index (κ2) is 11.6. The van der Waals surface area contributed by atoms with E-state index in [9.17, 15) is 0 Å². The van der Waals surface area contributed by atoms with Crippen molar-refractivity contribution >= 4 is 0 Å². The average molecular weight is 357 g/mol. The number of ether oxygens (including phenoxy) is 3. The molecule has 0 heterocycles. The van der Waals surface area contributed by atoms with Gasteiger partial charge in [-0.3, -0.25) is 0 Å². The zero-order chi connectivity index (χ0) is 18.8. The molecule has 0 aromatic carbocycles. The molecule has 1 fully saturated rings. The lowest BCUT2D eigenvalue weighted by Gasteiger charge is -2.36. The van der Waals surface area contributed by atoms with E-state index in [-0.39, 0.29) is 5.60 Å². The SMILES string of the molecule is CC(C)(C)OCCCCOCCCCOC1CCC(C(C)(C)C)CC1. The van der Waals surface area contributed by atoms with E-state index in [4.69, 9.17) is 14.2 Å². The molecule has 0 atom stereocenters. The minimum Gasteiger partial charge on any atom is -0.381 e. The molecule has 0 spiro atoms. The summed E-state index contributed by atoms with van der Waals surface area (Å²) in [5.74, 6) is 0.870. The number of unbranched alkanes of at least 4 members (excludes halogenated alkanes) is 2. The van der Waals surface area contributed by atoms with Crippen LogP contribution in [0.1, 0.15) is 92.9 Å². The highest BCUT2D eigenvalue weighted by Gasteiger charge is 2.29. The van der Waals surface area contributed by atoms with Crippen molar-refractivity contribution in [3.05, 3.63) is 0 Å². The Labute approximate surface area is 157 Å². The topological polar surface area (TPSA) is 27.7 Å². The van der Waals surface area contributed by atoms with Gasteiger partial charge in [0.1, 0.15) is 0 Å². The molecule has 0 saturated heterocycles. The monoisotopic (exact) mass is 356 g/mol. The third-order valence-electron chi connectivity index (χ3n) is 5.15. The Morgan fingerprint density at radius 3 is 1.72 bits per heavy atom. The molecule has 0 aliphatic heterocycles. The first kappa shape index (κ1) is 22.9. The van der Waals surface area contributed by atoms with Gasteiger partial charge in [0.2, 0.25) is 0 Å². The van der Waals surface area contributed by atoms with Gasteiger partial charge in [-0.15, -0.1) is 0 Å². The van der Waals surface area contributed by atoms with Crippen molar-refractivity contribution in [2.45, 2.75) is 105 Å². The van der Waals surface area contributed by atoms with Gasteiger partial charge in [0.05, 0.1) is 11.7 Å². The summed E-state index contributed by atoms with van der Waals surface area (Å²) in [6.07, 6.45) is 10.0. The summed E-state index contributed by atoms with van der Waals surface area (Å²) >= 11 is 0. The lowest BCUT2D eigenvalue weighted by Crippen LogP contribution is -2.29. The predicted molar refractivity (Wildman–Crippen MR) is 106 cm³/mol. The molecule has 0 bridgehead atoms. The fourth-order valence-corrected chi connectivity index (χ4v) is 3.44. The maximum atomic E-state index is 6.06. The lowest BCUT2D eigenvalue weighted by molar-refractivity contribution is -0.00815. The third kappa shape index (κ3) is 12.0. The van der Waals surface area contributed by atoms with Crippen LogP contribution in [0.4, 0.5) is 0 Å². The number of hydrogen-bond donors (Lipinski definition) is 0. The summed E-state index contributed by atoms with van der Waals surface area (Å²) in [5, 5.41) is 0. The minimum absolute atomic E-state index is 0.0210. The van der Waals surface area contributed by atoms with Crippen LogP contribution in [0.15, 0.2) is 0 Å². The van der Waals surface area contributed by atoms with Crippen molar-refractivity contribution in [3.8, 4) is 0 Å². The van der Waals surface area contributed by atoms with Crippen molar-refractivity contribution in [3.63, 3.8) is 0 Å². The van der Waals surface area contributed by atoms with E-state index in [1.165, 1.54) is 25.7 Å². The van der Waals surface area contributed by atoms with Crippen LogP contribution in [0.2, 0.25) is 0 Å². The highest BCUT2D eigenvalue weighted by Crippen LogP contribution is 2.38. The van der Waals surface area contributed by atoms with Crippen LogP contribution in [-0.4, -0.2) is 38.1 Å². The second-order valence-corrected chi connectivity index (χ2v) is 9.70. The molecular formula is C22H44O3. The van der Waals surface area contributed by atoms with Crippen molar-refractivity contribution in [2.24, 2.45) is 11.3 Å². The molecular weight excluding hydrogens is 312 g/mol. The van der Waals surface area contributed by atoms with Crippen LogP contribution < -0.4 is 0 Å². The highest BCUT2D eigenvalue weighted by molar-refractivity contribution is 4.80. The first-order valence-electron chi connectivity index (χ1n) is 10.5. The van der Waals surface area contributed by atoms with Gasteiger partial charge < -0.3 is 14.2 Å². The first-order valence-corrected chi connectivity index (χ1v) is 10.5. The van der Waals surface area contributed by atoms with Crippen LogP contribution >= 0.6 is 0 Å². The Balaban J connectivity index is 1.85. The quantitative estimate of drug-likeness (QED) is 0.425. The molecule has 1 saturated carbocycles. The largest absolute Gasteiger partial charge is 0.381 e. The first-order chi connectivity index (χ1) is 11.7. The average Bonchev–Trinajstić information content (AvgIpc) is 2.51. The fraction of sp³-hybridized carbons (Fsp3) is 1.00. The van der Waals surface area contributed by atoms with E-state index in [2.05, 4.69) is 41.5 Å². The minimum atomic E-state index is -0.0210. The third-order valence-corrected chi connectivity index (χ3v) is 5.15. The van der Waals surface area contributed by atoms with Crippen molar-refractivity contribution in [1.29, 1.82) is 0 Å². The van der Waals surface area contributed by atoms with Crippen LogP contribution in [0, 0.1) is 11.3 Å². The summed E-state index contributed by atoms with van der Waals surface area (Å²) in [4.78, 5) is 0. The Hall–Kier alpha value is -0.120.